The molecule has 1 N–H and O–H groups in total. The number of rotatable bonds is 10. The highest BCUT2D eigenvalue weighted by molar-refractivity contribution is 7.99. The summed E-state index contributed by atoms with van der Waals surface area (Å²) in [6.07, 6.45) is 1.29. The second-order valence-corrected chi connectivity index (χ2v) is 12.8. The zero-order valence-electron chi connectivity index (χ0n) is 24.9. The van der Waals surface area contributed by atoms with Crippen LogP contribution in [-0.2, 0) is 10.9 Å². The highest BCUT2D eigenvalue weighted by atomic mass is 32.2. The van der Waals surface area contributed by atoms with Gasteiger partial charge in [-0.2, -0.15) is 13.2 Å². The van der Waals surface area contributed by atoms with Crippen molar-refractivity contribution in [3.8, 4) is 0 Å². The quantitative estimate of drug-likeness (QED) is 0.186. The van der Waals surface area contributed by atoms with Gasteiger partial charge in [0, 0.05) is 60.6 Å². The molecule has 1 amide bonds. The summed E-state index contributed by atoms with van der Waals surface area (Å²) >= 11 is 1.68. The molecule has 228 valence electrons. The third-order valence-electron chi connectivity index (χ3n) is 7.18. The van der Waals surface area contributed by atoms with Gasteiger partial charge in [0.1, 0.15) is 5.60 Å². The van der Waals surface area contributed by atoms with E-state index in [0.717, 1.165) is 79.2 Å². The van der Waals surface area contributed by atoms with E-state index < -0.39 is 17.3 Å². The Balaban J connectivity index is 1.14. The number of aryl methyl sites for hydroxylation is 1. The van der Waals surface area contributed by atoms with Gasteiger partial charge in [-0.3, -0.25) is 4.98 Å². The summed E-state index contributed by atoms with van der Waals surface area (Å²) in [5.74, 6) is 0.917. The van der Waals surface area contributed by atoms with Gasteiger partial charge in [0.15, 0.2) is 0 Å². The average Bonchev–Trinajstić information content (AvgIpc) is 2.93. The van der Waals surface area contributed by atoms with Gasteiger partial charge < -0.3 is 19.9 Å². The number of aromatic nitrogens is 1. The predicted octanol–water partition coefficient (Wildman–Crippen LogP) is 8.38. The molecule has 0 unspecified atom stereocenters. The van der Waals surface area contributed by atoms with Crippen molar-refractivity contribution in [2.45, 2.75) is 70.1 Å². The molecule has 2 aromatic carbocycles. The van der Waals surface area contributed by atoms with Crippen molar-refractivity contribution in [1.82, 2.24) is 9.88 Å². The first-order chi connectivity index (χ1) is 19.9. The molecular weight excluding hydrogens is 561 g/mol. The number of hydrogen-bond acceptors (Lipinski definition) is 6. The van der Waals surface area contributed by atoms with Crippen LogP contribution in [0.3, 0.4) is 0 Å². The highest BCUT2D eigenvalue weighted by Gasteiger charge is 2.30. The number of ether oxygens (including phenoxy) is 1. The third-order valence-corrected chi connectivity index (χ3v) is 8.34. The molecule has 6 nitrogen and oxygen atoms in total. The fourth-order valence-electron chi connectivity index (χ4n) is 4.93. The van der Waals surface area contributed by atoms with Crippen LogP contribution < -0.4 is 10.2 Å². The summed E-state index contributed by atoms with van der Waals surface area (Å²) in [5, 5.41) is 4.33. The number of benzene rings is 2. The zero-order valence-corrected chi connectivity index (χ0v) is 25.7. The average molecular weight is 603 g/mol. The molecule has 0 aliphatic carbocycles. The lowest BCUT2D eigenvalue weighted by Gasteiger charge is -2.37. The summed E-state index contributed by atoms with van der Waals surface area (Å²) in [6, 6.07) is 12.1. The molecule has 0 radical (unpaired) electrons. The Morgan fingerprint density at radius 1 is 0.976 bits per heavy atom. The first-order valence-corrected chi connectivity index (χ1v) is 15.6. The molecule has 0 atom stereocenters. The lowest BCUT2D eigenvalue weighted by Crippen LogP contribution is -2.50. The van der Waals surface area contributed by atoms with Crippen LogP contribution in [0.15, 0.2) is 53.6 Å². The van der Waals surface area contributed by atoms with E-state index in [9.17, 15) is 18.0 Å². The molecule has 1 aromatic heterocycles. The van der Waals surface area contributed by atoms with E-state index in [4.69, 9.17) is 4.74 Å². The minimum atomic E-state index is -4.36. The number of alkyl halides is 3. The Morgan fingerprint density at radius 2 is 1.71 bits per heavy atom. The number of hydrogen-bond donors (Lipinski definition) is 1. The molecule has 1 saturated heterocycles. The molecule has 3 aromatic rings. The fraction of sp³-hybridized carbons (Fsp3) is 0.500. The molecule has 1 aliphatic heterocycles. The van der Waals surface area contributed by atoms with Gasteiger partial charge in [-0.05, 0) is 88.3 Å². The van der Waals surface area contributed by atoms with Crippen molar-refractivity contribution < 1.29 is 22.7 Å². The van der Waals surface area contributed by atoms with Crippen molar-refractivity contribution >= 4 is 40.1 Å². The van der Waals surface area contributed by atoms with Crippen molar-refractivity contribution in [2.24, 2.45) is 0 Å². The molecule has 0 spiro atoms. The molecule has 1 fully saturated rings. The van der Waals surface area contributed by atoms with Crippen molar-refractivity contribution in [3.05, 3.63) is 59.8 Å². The number of anilines is 2. The Labute approximate surface area is 251 Å². The predicted molar refractivity (Wildman–Crippen MR) is 166 cm³/mol. The molecule has 42 heavy (non-hydrogen) atoms. The number of carbonyl (C=O) groups excluding carboxylic acids is 1. The summed E-state index contributed by atoms with van der Waals surface area (Å²) in [4.78, 5) is 21.5. The van der Waals surface area contributed by atoms with E-state index in [1.54, 1.807) is 22.9 Å². The number of piperazine rings is 1. The number of fused-ring (bicyclic) bond motifs is 1. The highest BCUT2D eigenvalue weighted by Crippen LogP contribution is 2.34. The molecule has 4 rings (SSSR count). The minimum absolute atomic E-state index is 0.245. The number of pyridine rings is 1. The number of nitrogens with zero attached hydrogens (tertiary/aromatic N) is 3. The van der Waals surface area contributed by atoms with Crippen molar-refractivity contribution in [2.75, 3.05) is 48.7 Å². The molecule has 2 heterocycles. The Morgan fingerprint density at radius 3 is 2.40 bits per heavy atom. The maximum Gasteiger partial charge on any atom is 0.416 e. The second-order valence-electron chi connectivity index (χ2n) is 11.7. The van der Waals surface area contributed by atoms with Crippen LogP contribution in [0.4, 0.5) is 29.3 Å². The van der Waals surface area contributed by atoms with Crippen LogP contribution in [0, 0.1) is 6.92 Å². The van der Waals surface area contributed by atoms with Gasteiger partial charge in [0.05, 0.1) is 11.1 Å². The van der Waals surface area contributed by atoms with Crippen molar-refractivity contribution in [1.29, 1.82) is 0 Å². The Hall–Kier alpha value is -3.14. The summed E-state index contributed by atoms with van der Waals surface area (Å²) in [7, 11) is 0. The fourth-order valence-corrected chi connectivity index (χ4v) is 5.98. The van der Waals surface area contributed by atoms with Crippen LogP contribution in [0.25, 0.3) is 10.9 Å². The van der Waals surface area contributed by atoms with Crippen LogP contribution in [-0.4, -0.2) is 60.1 Å². The minimum Gasteiger partial charge on any atom is -0.444 e. The maximum absolute atomic E-state index is 13.0. The summed E-state index contributed by atoms with van der Waals surface area (Å²) in [5.41, 5.74) is 2.74. The number of carbonyl (C=O) groups is 1. The van der Waals surface area contributed by atoms with E-state index in [1.165, 1.54) is 17.3 Å². The molecular formula is C32H41F3N4O2S. The van der Waals surface area contributed by atoms with Crippen LogP contribution in [0.2, 0.25) is 0 Å². The van der Waals surface area contributed by atoms with Gasteiger partial charge >= 0.3 is 12.3 Å². The van der Waals surface area contributed by atoms with E-state index in [2.05, 4.69) is 40.3 Å². The van der Waals surface area contributed by atoms with E-state index in [-0.39, 0.29) is 6.09 Å². The van der Waals surface area contributed by atoms with Crippen molar-refractivity contribution in [3.63, 3.8) is 0 Å². The first-order valence-electron chi connectivity index (χ1n) is 14.6. The number of thioether (sulfide) groups is 1. The number of nitrogens with one attached hydrogen (secondary N) is 1. The number of amides is 1. The van der Waals surface area contributed by atoms with E-state index in [0.29, 0.717) is 18.6 Å². The van der Waals surface area contributed by atoms with Gasteiger partial charge in [-0.15, -0.1) is 11.8 Å². The van der Waals surface area contributed by atoms with E-state index in [1.807, 2.05) is 26.8 Å². The third kappa shape index (κ3) is 8.93. The molecule has 0 saturated carbocycles. The first kappa shape index (κ1) is 31.8. The van der Waals surface area contributed by atoms with Gasteiger partial charge in [-0.25, -0.2) is 4.79 Å². The lowest BCUT2D eigenvalue weighted by atomic mass is 10.1. The molecule has 1 aliphatic rings. The monoisotopic (exact) mass is 602 g/mol. The van der Waals surface area contributed by atoms with Crippen LogP contribution >= 0.6 is 11.8 Å². The molecule has 0 bridgehead atoms. The summed E-state index contributed by atoms with van der Waals surface area (Å²) < 4.78 is 44.5. The largest absolute Gasteiger partial charge is 0.444 e. The zero-order chi connectivity index (χ0) is 30.3. The molecule has 10 heteroatoms. The van der Waals surface area contributed by atoms with Gasteiger partial charge in [0.2, 0.25) is 0 Å². The maximum atomic E-state index is 13.0. The lowest BCUT2D eigenvalue weighted by molar-refractivity contribution is -0.137. The number of halogens is 3. The van der Waals surface area contributed by atoms with Gasteiger partial charge in [-0.1, -0.05) is 18.9 Å². The Kier molecular flexibility index (Phi) is 10.5. The van der Waals surface area contributed by atoms with Gasteiger partial charge in [0.25, 0.3) is 0 Å². The standard InChI is InChI=1S/C32H41F3N4O2S/c1-23-21-25(38-16-18-39(19-17-38)30(40)41-31(2,3)4)10-12-27(23)36-14-7-5-6-8-20-42-29-13-15-37-28-22-24(32(33,34)35)9-11-26(28)29/h9-13,15,21-22,36H,5-8,14,16-20H2,1-4H3. The number of unbranched alkanes of at least 4 members (excludes halogenated alkanes) is 3. The topological polar surface area (TPSA) is 57.7 Å². The normalized spacial score (nSPS) is 14.4. The van der Waals surface area contributed by atoms with E-state index >= 15 is 0 Å². The van der Waals surface area contributed by atoms with Crippen LogP contribution in [0.5, 0.6) is 0 Å². The summed E-state index contributed by atoms with van der Waals surface area (Å²) in [6.45, 7) is 11.5. The van der Waals surface area contributed by atoms with Crippen LogP contribution in [0.1, 0.15) is 57.6 Å². The SMILES string of the molecule is Cc1cc(N2CCN(C(=O)OC(C)(C)C)CC2)ccc1NCCCCCCSc1ccnc2cc(C(F)(F)F)ccc12. The Bertz CT molecular complexity index is 1350. The smallest absolute Gasteiger partial charge is 0.416 e. The second kappa shape index (κ2) is 13.9.